The Morgan fingerprint density at radius 2 is 2.05 bits per heavy atom. The molecule has 104 valence electrons. The van der Waals surface area contributed by atoms with Crippen LogP contribution in [0.3, 0.4) is 0 Å². The van der Waals surface area contributed by atoms with Crippen molar-refractivity contribution in [1.29, 1.82) is 0 Å². The molecule has 0 radical (unpaired) electrons. The van der Waals surface area contributed by atoms with Crippen LogP contribution in [0, 0.1) is 0 Å². The van der Waals surface area contributed by atoms with Crippen LogP contribution in [0.1, 0.15) is 18.9 Å². The minimum atomic E-state index is -1.02. The number of likely N-dealkylation sites (N-methyl/N-ethyl adjacent to an activating group) is 1. The van der Waals surface area contributed by atoms with E-state index < -0.39 is 18.0 Å². The van der Waals surface area contributed by atoms with Crippen molar-refractivity contribution >= 4 is 23.6 Å². The largest absolute Gasteiger partial charge is 0.480 e. The molecule has 0 aromatic heterocycles. The van der Waals surface area contributed by atoms with Crippen LogP contribution in [0.15, 0.2) is 24.3 Å². The van der Waals surface area contributed by atoms with Crippen LogP contribution in [-0.4, -0.2) is 35.1 Å². The maximum atomic E-state index is 11.8. The highest BCUT2D eigenvalue weighted by Crippen LogP contribution is 2.14. The van der Waals surface area contributed by atoms with Crippen LogP contribution in [0.25, 0.3) is 0 Å². The first-order valence-corrected chi connectivity index (χ1v) is 6.32. The van der Waals surface area contributed by atoms with Crippen LogP contribution >= 0.6 is 11.6 Å². The van der Waals surface area contributed by atoms with Crippen LogP contribution in [0.5, 0.6) is 0 Å². The number of urea groups is 1. The number of aliphatic carboxylic acids is 1. The van der Waals surface area contributed by atoms with Gasteiger partial charge in [0.15, 0.2) is 0 Å². The fourth-order valence-corrected chi connectivity index (χ4v) is 1.90. The molecule has 2 amide bonds. The fourth-order valence-electron chi connectivity index (χ4n) is 1.69. The molecule has 0 spiro atoms. The molecule has 5 nitrogen and oxygen atoms in total. The molecule has 2 N–H and O–H groups in total. The van der Waals surface area contributed by atoms with Gasteiger partial charge < -0.3 is 15.3 Å². The molecule has 1 rings (SSSR count). The molecule has 0 heterocycles. The minimum Gasteiger partial charge on any atom is -0.480 e. The maximum absolute atomic E-state index is 11.8. The summed E-state index contributed by atoms with van der Waals surface area (Å²) >= 11 is 5.97. The second-order valence-corrected chi connectivity index (χ2v) is 4.53. The first-order valence-electron chi connectivity index (χ1n) is 5.94. The predicted molar refractivity (Wildman–Crippen MR) is 73.2 cm³/mol. The molecule has 19 heavy (non-hydrogen) atoms. The molecular weight excluding hydrogens is 268 g/mol. The number of halogens is 1. The third-order valence-corrected chi connectivity index (χ3v) is 3.22. The van der Waals surface area contributed by atoms with E-state index in [0.29, 0.717) is 11.4 Å². The monoisotopic (exact) mass is 284 g/mol. The number of amides is 2. The van der Waals surface area contributed by atoms with Crippen molar-refractivity contribution in [2.45, 2.75) is 25.9 Å². The Morgan fingerprint density at radius 1 is 1.42 bits per heavy atom. The van der Waals surface area contributed by atoms with Gasteiger partial charge in [0.1, 0.15) is 6.04 Å². The van der Waals surface area contributed by atoms with Crippen molar-refractivity contribution in [3.8, 4) is 0 Å². The smallest absolute Gasteiger partial charge is 0.326 e. The Kier molecular flexibility index (Phi) is 5.63. The molecule has 0 saturated heterocycles. The minimum absolute atomic E-state index is 0.263. The van der Waals surface area contributed by atoms with E-state index in [0.717, 1.165) is 5.56 Å². The zero-order chi connectivity index (χ0) is 14.4. The van der Waals surface area contributed by atoms with E-state index in [9.17, 15) is 9.59 Å². The van der Waals surface area contributed by atoms with E-state index >= 15 is 0 Å². The van der Waals surface area contributed by atoms with Crippen molar-refractivity contribution in [2.24, 2.45) is 0 Å². The molecule has 0 aliphatic heterocycles. The highest BCUT2D eigenvalue weighted by Gasteiger charge is 2.24. The van der Waals surface area contributed by atoms with Gasteiger partial charge in [0.2, 0.25) is 0 Å². The molecule has 0 fully saturated rings. The normalized spacial score (nSPS) is 11.7. The Hall–Kier alpha value is -1.75. The second kappa shape index (κ2) is 6.99. The van der Waals surface area contributed by atoms with E-state index in [1.165, 1.54) is 11.9 Å². The standard InChI is InChI=1S/C13H17ClN2O3/c1-3-11(12(17)18)16(2)13(19)15-8-9-6-4-5-7-10(9)14/h4-7,11H,3,8H2,1-2H3,(H,15,19)(H,17,18). The Labute approximate surface area is 117 Å². The first kappa shape index (κ1) is 15.3. The number of hydrogen-bond donors (Lipinski definition) is 2. The molecule has 0 saturated carbocycles. The Morgan fingerprint density at radius 3 is 2.58 bits per heavy atom. The molecule has 1 unspecified atom stereocenters. The molecule has 0 bridgehead atoms. The summed E-state index contributed by atoms with van der Waals surface area (Å²) in [7, 11) is 1.46. The van der Waals surface area contributed by atoms with E-state index in [2.05, 4.69) is 5.32 Å². The number of carboxylic acids is 1. The van der Waals surface area contributed by atoms with Crippen LogP contribution in [0.2, 0.25) is 5.02 Å². The number of carbonyl (C=O) groups excluding carboxylic acids is 1. The summed E-state index contributed by atoms with van der Waals surface area (Å²) in [6.45, 7) is 1.98. The van der Waals surface area contributed by atoms with Gasteiger partial charge in [-0.25, -0.2) is 9.59 Å². The zero-order valence-corrected chi connectivity index (χ0v) is 11.6. The lowest BCUT2D eigenvalue weighted by Crippen LogP contribution is -2.46. The summed E-state index contributed by atoms with van der Waals surface area (Å²) in [6, 6.07) is 5.90. The van der Waals surface area contributed by atoms with Crippen LogP contribution in [-0.2, 0) is 11.3 Å². The average molecular weight is 285 g/mol. The number of nitrogens with zero attached hydrogens (tertiary/aromatic N) is 1. The topological polar surface area (TPSA) is 69.6 Å². The van der Waals surface area contributed by atoms with Crippen molar-refractivity contribution < 1.29 is 14.7 Å². The van der Waals surface area contributed by atoms with Gasteiger partial charge in [0.05, 0.1) is 0 Å². The van der Waals surface area contributed by atoms with E-state index in [-0.39, 0.29) is 6.54 Å². The lowest BCUT2D eigenvalue weighted by molar-refractivity contribution is -0.141. The number of carboxylic acid groups (broad SMARTS) is 1. The van der Waals surface area contributed by atoms with Crippen molar-refractivity contribution in [1.82, 2.24) is 10.2 Å². The maximum Gasteiger partial charge on any atom is 0.326 e. The van der Waals surface area contributed by atoms with Gasteiger partial charge in [-0.05, 0) is 18.1 Å². The third-order valence-electron chi connectivity index (χ3n) is 2.85. The third kappa shape index (κ3) is 4.13. The van der Waals surface area contributed by atoms with Gasteiger partial charge in [-0.15, -0.1) is 0 Å². The van der Waals surface area contributed by atoms with Crippen molar-refractivity contribution in [3.63, 3.8) is 0 Å². The highest BCUT2D eigenvalue weighted by atomic mass is 35.5. The van der Waals surface area contributed by atoms with Crippen LogP contribution < -0.4 is 5.32 Å². The summed E-state index contributed by atoms with van der Waals surface area (Å²) in [5.74, 6) is -1.02. The lowest BCUT2D eigenvalue weighted by atomic mass is 10.2. The first-order chi connectivity index (χ1) is 8.97. The molecule has 1 atom stereocenters. The average Bonchev–Trinajstić information content (AvgIpc) is 2.37. The van der Waals surface area contributed by atoms with E-state index in [1.54, 1.807) is 25.1 Å². The number of nitrogens with one attached hydrogen (secondary N) is 1. The van der Waals surface area contributed by atoms with Gasteiger partial charge in [-0.2, -0.15) is 0 Å². The SMILES string of the molecule is CCC(C(=O)O)N(C)C(=O)NCc1ccccc1Cl. The second-order valence-electron chi connectivity index (χ2n) is 4.12. The summed E-state index contributed by atoms with van der Waals surface area (Å²) in [4.78, 5) is 24.0. The van der Waals surface area contributed by atoms with Crippen molar-refractivity contribution in [2.75, 3.05) is 7.05 Å². The molecule has 1 aromatic rings. The molecule has 6 heteroatoms. The van der Waals surface area contributed by atoms with E-state index in [1.807, 2.05) is 6.07 Å². The molecule has 1 aromatic carbocycles. The summed E-state index contributed by atoms with van der Waals surface area (Å²) in [5.41, 5.74) is 0.786. The molecule has 0 aliphatic carbocycles. The summed E-state index contributed by atoms with van der Waals surface area (Å²) < 4.78 is 0. The van der Waals surface area contributed by atoms with Gasteiger partial charge in [-0.3, -0.25) is 0 Å². The fraction of sp³-hybridized carbons (Fsp3) is 0.385. The summed E-state index contributed by atoms with van der Waals surface area (Å²) in [5, 5.41) is 12.2. The number of carbonyl (C=O) groups is 2. The lowest BCUT2D eigenvalue weighted by Gasteiger charge is -2.24. The number of rotatable bonds is 5. The number of benzene rings is 1. The van der Waals surface area contributed by atoms with Gasteiger partial charge in [0, 0.05) is 18.6 Å². The quantitative estimate of drug-likeness (QED) is 0.872. The highest BCUT2D eigenvalue weighted by molar-refractivity contribution is 6.31. The predicted octanol–water partition coefficient (Wildman–Crippen LogP) is 2.34. The van der Waals surface area contributed by atoms with Gasteiger partial charge in [-0.1, -0.05) is 36.7 Å². The van der Waals surface area contributed by atoms with Gasteiger partial charge >= 0.3 is 12.0 Å². The summed E-state index contributed by atoms with van der Waals surface area (Å²) in [6.07, 6.45) is 0.353. The van der Waals surface area contributed by atoms with Gasteiger partial charge in [0.25, 0.3) is 0 Å². The van der Waals surface area contributed by atoms with E-state index in [4.69, 9.17) is 16.7 Å². The Balaban J connectivity index is 2.60. The zero-order valence-electron chi connectivity index (χ0n) is 10.9. The van der Waals surface area contributed by atoms with Crippen LogP contribution in [0.4, 0.5) is 4.79 Å². The molecule has 0 aliphatic rings. The molecular formula is C13H17ClN2O3. The number of hydrogen-bond acceptors (Lipinski definition) is 2. The Bertz CT molecular complexity index is 465. The van der Waals surface area contributed by atoms with Crippen molar-refractivity contribution in [3.05, 3.63) is 34.9 Å².